The number of halogens is 3. The molecule has 0 saturated heterocycles. The van der Waals surface area contributed by atoms with E-state index in [4.69, 9.17) is 27.9 Å². The van der Waals surface area contributed by atoms with E-state index in [-0.39, 0.29) is 55.1 Å². The Morgan fingerprint density at radius 2 is 1.79 bits per heavy atom. The molecule has 1 aromatic rings. The van der Waals surface area contributed by atoms with E-state index in [0.717, 1.165) is 0 Å². The van der Waals surface area contributed by atoms with Crippen LogP contribution in [0.1, 0.15) is 15.9 Å². The van der Waals surface area contributed by atoms with Crippen LogP contribution in [0.3, 0.4) is 0 Å². The van der Waals surface area contributed by atoms with Crippen molar-refractivity contribution in [3.8, 4) is 0 Å². The van der Waals surface area contributed by atoms with Crippen molar-refractivity contribution in [2.45, 2.75) is 6.61 Å². The van der Waals surface area contributed by atoms with E-state index >= 15 is 0 Å². The van der Waals surface area contributed by atoms with Gasteiger partial charge < -0.3 is 19.9 Å². The molecule has 0 atom stereocenters. The number of hydrogen-bond acceptors (Lipinski definition) is 6. The van der Waals surface area contributed by atoms with Crippen molar-refractivity contribution in [2.75, 3.05) is 52.0 Å². The Labute approximate surface area is 185 Å². The maximum Gasteiger partial charge on any atom is 0.410 e. The lowest BCUT2D eigenvalue weighted by molar-refractivity contribution is -0.385. The first-order valence-corrected chi connectivity index (χ1v) is 9.61. The number of alkyl halides is 2. The molecule has 0 aromatic heterocycles. The summed E-state index contributed by atoms with van der Waals surface area (Å²) in [6, 6.07) is 4.01. The maximum atomic E-state index is 12.3. The normalized spacial score (nSPS) is 10.2. The highest BCUT2D eigenvalue weighted by Gasteiger charge is 2.21. The highest BCUT2D eigenvalue weighted by atomic mass is 35.5. The van der Waals surface area contributed by atoms with Gasteiger partial charge in [0.15, 0.2) is 0 Å². The molecular formula is C17H25Cl3N4O5. The van der Waals surface area contributed by atoms with Crippen LogP contribution in [0.5, 0.6) is 0 Å². The zero-order chi connectivity index (χ0) is 21.1. The zero-order valence-electron chi connectivity index (χ0n) is 16.2. The standard InChI is InChI=1S/C17H24Cl2N4O5.ClH/c1-21(2)10-7-20-16(24)14-11-13(3-4-15(14)23(26)27)12-28-17(25)22(8-5-18)9-6-19;/h3-4,11H,5-10,12H2,1-2H3,(H,20,24);1H. The minimum absolute atomic E-state index is 0. The summed E-state index contributed by atoms with van der Waals surface area (Å²) in [5.41, 5.74) is 0.0485. The van der Waals surface area contributed by atoms with Gasteiger partial charge >= 0.3 is 6.09 Å². The number of carbonyl (C=O) groups is 2. The fraction of sp³-hybridized carbons (Fsp3) is 0.529. The van der Waals surface area contributed by atoms with Crippen molar-refractivity contribution in [3.63, 3.8) is 0 Å². The summed E-state index contributed by atoms with van der Waals surface area (Å²) in [5, 5.41) is 13.9. The van der Waals surface area contributed by atoms with Crippen molar-refractivity contribution < 1.29 is 19.2 Å². The Hall–Kier alpha value is -1.81. The van der Waals surface area contributed by atoms with E-state index in [1.165, 1.54) is 23.1 Å². The van der Waals surface area contributed by atoms with Crippen LogP contribution in [0, 0.1) is 10.1 Å². The minimum atomic E-state index is -0.626. The van der Waals surface area contributed by atoms with Crippen molar-refractivity contribution in [1.29, 1.82) is 0 Å². The highest BCUT2D eigenvalue weighted by Crippen LogP contribution is 2.21. The molecule has 0 bridgehead atoms. The average Bonchev–Trinajstić information content (AvgIpc) is 2.65. The van der Waals surface area contributed by atoms with Crippen molar-refractivity contribution in [3.05, 3.63) is 39.4 Å². The third-order valence-corrected chi connectivity index (χ3v) is 4.01. The van der Waals surface area contributed by atoms with E-state index < -0.39 is 16.9 Å². The highest BCUT2D eigenvalue weighted by molar-refractivity contribution is 6.18. The van der Waals surface area contributed by atoms with Gasteiger partial charge in [0.25, 0.3) is 11.6 Å². The molecule has 9 nitrogen and oxygen atoms in total. The fourth-order valence-corrected chi connectivity index (χ4v) is 2.65. The van der Waals surface area contributed by atoms with Crippen LogP contribution in [0.25, 0.3) is 0 Å². The van der Waals surface area contributed by atoms with Crippen molar-refractivity contribution in [1.82, 2.24) is 15.1 Å². The summed E-state index contributed by atoms with van der Waals surface area (Å²) < 4.78 is 5.20. The topological polar surface area (TPSA) is 105 Å². The van der Waals surface area contributed by atoms with Crippen molar-refractivity contribution >= 4 is 53.3 Å². The third kappa shape index (κ3) is 9.49. The molecule has 0 aliphatic carbocycles. The van der Waals surface area contributed by atoms with Crippen LogP contribution in [-0.2, 0) is 11.3 Å². The van der Waals surface area contributed by atoms with Crippen LogP contribution in [-0.4, -0.2) is 78.8 Å². The number of nitrogens with one attached hydrogen (secondary N) is 1. The SMILES string of the molecule is CN(C)CCNC(=O)c1cc(COC(=O)N(CCCl)CCCl)ccc1[N+](=O)[O-].Cl. The second-order valence-corrected chi connectivity index (χ2v) is 6.84. The van der Waals surface area contributed by atoms with E-state index in [0.29, 0.717) is 18.7 Å². The van der Waals surface area contributed by atoms with Gasteiger partial charge in [-0.1, -0.05) is 0 Å². The van der Waals surface area contributed by atoms with Crippen LogP contribution in [0.15, 0.2) is 18.2 Å². The average molecular weight is 472 g/mol. The third-order valence-electron chi connectivity index (χ3n) is 3.68. The Bertz CT molecular complexity index is 685. The molecule has 0 radical (unpaired) electrons. The first-order valence-electron chi connectivity index (χ1n) is 8.54. The van der Waals surface area contributed by atoms with E-state index in [2.05, 4.69) is 5.32 Å². The predicted octanol–water partition coefficient (Wildman–Crippen LogP) is 2.72. The fourth-order valence-electron chi connectivity index (χ4n) is 2.24. The van der Waals surface area contributed by atoms with Crippen molar-refractivity contribution in [2.24, 2.45) is 0 Å². The minimum Gasteiger partial charge on any atom is -0.445 e. The Balaban J connectivity index is 0.00000784. The molecule has 0 aliphatic heterocycles. The molecular weight excluding hydrogens is 447 g/mol. The summed E-state index contributed by atoms with van der Waals surface area (Å²) >= 11 is 11.3. The molecule has 0 heterocycles. The molecule has 1 aromatic carbocycles. The molecule has 0 spiro atoms. The van der Waals surface area contributed by atoms with Gasteiger partial charge in [-0.15, -0.1) is 35.6 Å². The van der Waals surface area contributed by atoms with Crippen LogP contribution < -0.4 is 5.32 Å². The number of benzene rings is 1. The number of likely N-dealkylation sites (N-methyl/N-ethyl adjacent to an activating group) is 1. The number of hydrogen-bond donors (Lipinski definition) is 1. The van der Waals surface area contributed by atoms with Gasteiger partial charge in [0.05, 0.1) is 4.92 Å². The zero-order valence-corrected chi connectivity index (χ0v) is 18.6. The van der Waals surface area contributed by atoms with E-state index in [9.17, 15) is 19.7 Å². The molecule has 29 heavy (non-hydrogen) atoms. The lowest BCUT2D eigenvalue weighted by atomic mass is 10.1. The molecule has 2 amide bonds. The number of rotatable bonds is 11. The van der Waals surface area contributed by atoms with Gasteiger partial charge in [-0.3, -0.25) is 14.9 Å². The number of carbonyl (C=O) groups excluding carboxylic acids is 2. The lowest BCUT2D eigenvalue weighted by Gasteiger charge is -2.20. The summed E-state index contributed by atoms with van der Waals surface area (Å²) in [6.07, 6.45) is -0.600. The molecule has 0 unspecified atom stereocenters. The number of nitro groups is 1. The molecule has 12 heteroatoms. The quantitative estimate of drug-likeness (QED) is 0.302. The molecule has 0 saturated carbocycles. The largest absolute Gasteiger partial charge is 0.445 e. The van der Waals surface area contributed by atoms with Crippen LogP contribution in [0.2, 0.25) is 0 Å². The van der Waals surface area contributed by atoms with E-state index in [1.807, 2.05) is 19.0 Å². The summed E-state index contributed by atoms with van der Waals surface area (Å²) in [5.74, 6) is -0.0886. The van der Waals surface area contributed by atoms with Gasteiger partial charge in [-0.25, -0.2) is 4.79 Å². The smallest absolute Gasteiger partial charge is 0.410 e. The molecule has 164 valence electrons. The Kier molecular flexibility index (Phi) is 13.3. The van der Waals surface area contributed by atoms with Gasteiger partial charge in [0, 0.05) is 44.0 Å². The second-order valence-electron chi connectivity index (χ2n) is 6.09. The van der Waals surface area contributed by atoms with Gasteiger partial charge in [-0.05, 0) is 31.8 Å². The summed E-state index contributed by atoms with van der Waals surface area (Å²) in [4.78, 5) is 38.3. The first kappa shape index (κ1) is 27.2. The Morgan fingerprint density at radius 1 is 1.17 bits per heavy atom. The van der Waals surface area contributed by atoms with Gasteiger partial charge in [0.1, 0.15) is 12.2 Å². The first-order chi connectivity index (χ1) is 13.3. The summed E-state index contributed by atoms with van der Waals surface area (Å²) in [7, 11) is 3.70. The second kappa shape index (κ2) is 14.2. The molecule has 1 N–H and O–H groups in total. The lowest BCUT2D eigenvalue weighted by Crippen LogP contribution is -2.34. The monoisotopic (exact) mass is 470 g/mol. The van der Waals surface area contributed by atoms with Crippen LogP contribution in [0.4, 0.5) is 10.5 Å². The summed E-state index contributed by atoms with van der Waals surface area (Å²) in [6.45, 7) is 1.36. The van der Waals surface area contributed by atoms with Crippen LogP contribution >= 0.6 is 35.6 Å². The van der Waals surface area contributed by atoms with Gasteiger partial charge in [-0.2, -0.15) is 0 Å². The maximum absolute atomic E-state index is 12.3. The molecule has 0 aliphatic rings. The Morgan fingerprint density at radius 3 is 2.31 bits per heavy atom. The number of amides is 2. The van der Waals surface area contributed by atoms with Gasteiger partial charge in [0.2, 0.25) is 0 Å². The molecule has 1 rings (SSSR count). The number of ether oxygens (including phenoxy) is 1. The predicted molar refractivity (Wildman–Crippen MR) is 114 cm³/mol. The van der Waals surface area contributed by atoms with E-state index in [1.54, 1.807) is 0 Å². The number of nitrogens with zero attached hydrogens (tertiary/aromatic N) is 3. The molecule has 0 fully saturated rings. The number of nitro benzene ring substituents is 1.